The SMILES string of the molecule is CCOc1cc(C=C2SC(=S)NC2=O)cc(Br)c1OC(=O)c1ccco1. The van der Waals surface area contributed by atoms with Gasteiger partial charge in [0, 0.05) is 0 Å². The molecule has 1 saturated heterocycles. The van der Waals surface area contributed by atoms with Gasteiger partial charge in [0.1, 0.15) is 4.32 Å². The zero-order valence-corrected chi connectivity index (χ0v) is 16.6. The quantitative estimate of drug-likeness (QED) is 0.315. The summed E-state index contributed by atoms with van der Waals surface area (Å²) in [5, 5.41) is 2.56. The first-order chi connectivity index (χ1) is 12.5. The van der Waals surface area contributed by atoms with Crippen LogP contribution in [0.4, 0.5) is 0 Å². The first-order valence-electron chi connectivity index (χ1n) is 7.44. The van der Waals surface area contributed by atoms with Gasteiger partial charge in [0.15, 0.2) is 11.5 Å². The Morgan fingerprint density at radius 2 is 2.27 bits per heavy atom. The van der Waals surface area contributed by atoms with E-state index in [-0.39, 0.29) is 17.4 Å². The molecule has 0 radical (unpaired) electrons. The van der Waals surface area contributed by atoms with E-state index in [9.17, 15) is 9.59 Å². The molecule has 26 heavy (non-hydrogen) atoms. The number of thiocarbonyl (C=S) groups is 1. The predicted octanol–water partition coefficient (Wildman–Crippen LogP) is 4.15. The molecule has 9 heteroatoms. The number of rotatable bonds is 5. The third kappa shape index (κ3) is 4.17. The molecule has 0 saturated carbocycles. The number of nitrogens with one attached hydrogen (secondary N) is 1. The Bertz CT molecular complexity index is 908. The van der Waals surface area contributed by atoms with Gasteiger partial charge in [-0.05, 0) is 58.8 Å². The third-order valence-corrected chi connectivity index (χ3v) is 4.94. The van der Waals surface area contributed by atoms with E-state index in [1.54, 1.807) is 24.3 Å². The van der Waals surface area contributed by atoms with Crippen LogP contribution in [0.25, 0.3) is 6.08 Å². The lowest BCUT2D eigenvalue weighted by molar-refractivity contribution is -0.115. The number of amides is 1. The maximum atomic E-state index is 12.2. The second-order valence-electron chi connectivity index (χ2n) is 4.98. The van der Waals surface area contributed by atoms with Gasteiger partial charge in [0.25, 0.3) is 5.91 Å². The van der Waals surface area contributed by atoms with Crippen LogP contribution in [-0.4, -0.2) is 22.8 Å². The molecule has 6 nitrogen and oxygen atoms in total. The molecule has 0 spiro atoms. The molecule has 134 valence electrons. The molecule has 1 fully saturated rings. The normalized spacial score (nSPS) is 15.2. The first kappa shape index (κ1) is 18.7. The summed E-state index contributed by atoms with van der Waals surface area (Å²) in [6, 6.07) is 6.50. The van der Waals surface area contributed by atoms with E-state index in [2.05, 4.69) is 21.2 Å². The fraction of sp³-hybridized carbons (Fsp3) is 0.118. The van der Waals surface area contributed by atoms with E-state index in [4.69, 9.17) is 26.1 Å². The van der Waals surface area contributed by atoms with E-state index < -0.39 is 5.97 Å². The molecule has 1 amide bonds. The van der Waals surface area contributed by atoms with Gasteiger partial charge in [-0.1, -0.05) is 24.0 Å². The number of furan rings is 1. The van der Waals surface area contributed by atoms with Crippen molar-refractivity contribution in [1.82, 2.24) is 5.32 Å². The van der Waals surface area contributed by atoms with Gasteiger partial charge in [0.2, 0.25) is 5.76 Å². The molecule has 2 aromatic rings. The van der Waals surface area contributed by atoms with Gasteiger partial charge in [-0.3, -0.25) is 4.79 Å². The second kappa shape index (κ2) is 8.07. The smallest absolute Gasteiger partial charge is 0.379 e. The lowest BCUT2D eigenvalue weighted by Crippen LogP contribution is -2.17. The van der Waals surface area contributed by atoms with Crippen LogP contribution in [0.15, 0.2) is 44.3 Å². The van der Waals surface area contributed by atoms with Crippen molar-refractivity contribution in [1.29, 1.82) is 0 Å². The lowest BCUT2D eigenvalue weighted by Gasteiger charge is -2.13. The number of esters is 1. The Balaban J connectivity index is 1.93. The fourth-order valence-electron chi connectivity index (χ4n) is 2.14. The molecule has 0 aliphatic carbocycles. The summed E-state index contributed by atoms with van der Waals surface area (Å²) in [6.07, 6.45) is 3.07. The zero-order valence-electron chi connectivity index (χ0n) is 13.4. The molecule has 1 aliphatic heterocycles. The number of carbonyl (C=O) groups excluding carboxylic acids is 2. The number of ether oxygens (including phenoxy) is 2. The Morgan fingerprint density at radius 3 is 2.88 bits per heavy atom. The molecular weight excluding hydrogens is 442 g/mol. The van der Waals surface area contributed by atoms with Gasteiger partial charge in [-0.25, -0.2) is 4.79 Å². The standard InChI is InChI=1S/C17H12BrNO5S2/c1-2-22-12-7-9(8-13-15(20)19-17(25)26-13)6-10(18)14(12)24-16(21)11-4-3-5-23-11/h3-8H,2H2,1H3,(H,19,20,25). The first-order valence-corrected chi connectivity index (χ1v) is 9.46. The van der Waals surface area contributed by atoms with Crippen LogP contribution in [0.3, 0.4) is 0 Å². The van der Waals surface area contributed by atoms with Gasteiger partial charge in [0.05, 0.1) is 22.2 Å². The van der Waals surface area contributed by atoms with Gasteiger partial charge < -0.3 is 19.2 Å². The van der Waals surface area contributed by atoms with Crippen LogP contribution in [0.1, 0.15) is 23.0 Å². The van der Waals surface area contributed by atoms with Crippen LogP contribution >= 0.6 is 39.9 Å². The Kier molecular flexibility index (Phi) is 5.80. The zero-order chi connectivity index (χ0) is 18.7. The minimum absolute atomic E-state index is 0.0816. The summed E-state index contributed by atoms with van der Waals surface area (Å²) in [6.45, 7) is 2.19. The number of halogens is 1. The van der Waals surface area contributed by atoms with Crippen molar-refractivity contribution in [3.8, 4) is 11.5 Å². The van der Waals surface area contributed by atoms with Gasteiger partial charge in [-0.2, -0.15) is 0 Å². The fourth-order valence-corrected chi connectivity index (χ4v) is 3.73. The maximum Gasteiger partial charge on any atom is 0.379 e. The summed E-state index contributed by atoms with van der Waals surface area (Å²) in [4.78, 5) is 24.4. The number of hydrogen-bond donors (Lipinski definition) is 1. The van der Waals surface area contributed by atoms with Crippen molar-refractivity contribution < 1.29 is 23.5 Å². The van der Waals surface area contributed by atoms with Crippen LogP contribution in [0.5, 0.6) is 11.5 Å². The molecule has 2 heterocycles. The summed E-state index contributed by atoms with van der Waals surface area (Å²) in [5.74, 6) is -0.214. The topological polar surface area (TPSA) is 77.8 Å². The van der Waals surface area contributed by atoms with E-state index in [0.29, 0.717) is 31.6 Å². The number of thioether (sulfide) groups is 1. The van der Waals surface area contributed by atoms with Gasteiger partial charge >= 0.3 is 5.97 Å². The molecule has 1 aliphatic rings. The molecule has 1 N–H and O–H groups in total. The minimum atomic E-state index is -0.640. The number of benzene rings is 1. The minimum Gasteiger partial charge on any atom is -0.490 e. The van der Waals surface area contributed by atoms with E-state index in [1.807, 2.05) is 6.92 Å². The van der Waals surface area contributed by atoms with E-state index in [0.717, 1.165) is 0 Å². The highest BCUT2D eigenvalue weighted by atomic mass is 79.9. The van der Waals surface area contributed by atoms with Crippen LogP contribution in [0.2, 0.25) is 0 Å². The predicted molar refractivity (Wildman–Crippen MR) is 105 cm³/mol. The Morgan fingerprint density at radius 1 is 1.46 bits per heavy atom. The number of carbonyl (C=O) groups is 2. The second-order valence-corrected chi connectivity index (χ2v) is 7.56. The average Bonchev–Trinajstić information content (AvgIpc) is 3.21. The molecule has 0 atom stereocenters. The van der Waals surface area contributed by atoms with Crippen molar-refractivity contribution in [2.45, 2.75) is 6.92 Å². The van der Waals surface area contributed by atoms with E-state index in [1.165, 1.54) is 24.1 Å². The molecule has 1 aromatic carbocycles. The van der Waals surface area contributed by atoms with Crippen molar-refractivity contribution in [2.75, 3.05) is 6.61 Å². The summed E-state index contributed by atoms with van der Waals surface area (Å²) < 4.78 is 16.9. The average molecular weight is 454 g/mol. The Hall–Kier alpha value is -2.10. The summed E-state index contributed by atoms with van der Waals surface area (Å²) in [7, 11) is 0. The van der Waals surface area contributed by atoms with Crippen LogP contribution in [-0.2, 0) is 4.79 Å². The monoisotopic (exact) mass is 453 g/mol. The van der Waals surface area contributed by atoms with Crippen molar-refractivity contribution >= 4 is 62.2 Å². The molecule has 0 bridgehead atoms. The molecule has 0 unspecified atom stereocenters. The summed E-state index contributed by atoms with van der Waals surface area (Å²) in [5.41, 5.74) is 0.695. The Labute approximate surface area is 167 Å². The molecular formula is C17H12BrNO5S2. The highest BCUT2D eigenvalue weighted by molar-refractivity contribution is 9.10. The largest absolute Gasteiger partial charge is 0.490 e. The maximum absolute atomic E-state index is 12.2. The van der Waals surface area contributed by atoms with E-state index >= 15 is 0 Å². The number of hydrogen-bond acceptors (Lipinski definition) is 7. The van der Waals surface area contributed by atoms with Crippen LogP contribution in [0, 0.1) is 0 Å². The highest BCUT2D eigenvalue weighted by Gasteiger charge is 2.23. The van der Waals surface area contributed by atoms with Crippen molar-refractivity contribution in [2.24, 2.45) is 0 Å². The van der Waals surface area contributed by atoms with Crippen LogP contribution < -0.4 is 14.8 Å². The van der Waals surface area contributed by atoms with Gasteiger partial charge in [-0.15, -0.1) is 0 Å². The van der Waals surface area contributed by atoms with Crippen molar-refractivity contribution in [3.05, 3.63) is 51.2 Å². The third-order valence-electron chi connectivity index (χ3n) is 3.19. The molecule has 1 aromatic heterocycles. The summed E-state index contributed by atoms with van der Waals surface area (Å²) >= 11 is 9.55. The highest BCUT2D eigenvalue weighted by Crippen LogP contribution is 2.39. The molecule has 3 rings (SSSR count). The van der Waals surface area contributed by atoms with Crippen molar-refractivity contribution in [3.63, 3.8) is 0 Å². The lowest BCUT2D eigenvalue weighted by atomic mass is 10.2.